The molecule has 0 unspecified atom stereocenters. The van der Waals surface area contributed by atoms with Gasteiger partial charge < -0.3 is 15.0 Å². The van der Waals surface area contributed by atoms with Gasteiger partial charge in [-0.3, -0.25) is 4.99 Å². The molecule has 1 aromatic carbocycles. The fourth-order valence-electron chi connectivity index (χ4n) is 2.98. The van der Waals surface area contributed by atoms with Gasteiger partial charge in [-0.15, -0.1) is 24.0 Å². The highest BCUT2D eigenvalue weighted by molar-refractivity contribution is 14.0. The molecule has 3 rings (SSSR count). The number of likely N-dealkylation sites (N-methyl/N-ethyl adjacent to an activating group) is 1. The molecule has 1 aromatic rings. The molecule has 134 valence electrons. The summed E-state index contributed by atoms with van der Waals surface area (Å²) in [6.45, 7) is 3.54. The van der Waals surface area contributed by atoms with Crippen molar-refractivity contribution in [3.63, 3.8) is 0 Å². The van der Waals surface area contributed by atoms with Gasteiger partial charge in [0.15, 0.2) is 5.96 Å². The number of hydrogen-bond donors (Lipinski definition) is 1. The van der Waals surface area contributed by atoms with Crippen LogP contribution >= 0.6 is 24.0 Å². The molecule has 2 saturated carbocycles. The second kappa shape index (κ2) is 9.04. The van der Waals surface area contributed by atoms with Crippen LogP contribution in [0.2, 0.25) is 0 Å². The van der Waals surface area contributed by atoms with Crippen molar-refractivity contribution in [3.05, 3.63) is 35.9 Å². The molecule has 0 radical (unpaired) electrons. The van der Waals surface area contributed by atoms with Crippen LogP contribution in [0.15, 0.2) is 35.3 Å². The van der Waals surface area contributed by atoms with Crippen molar-refractivity contribution in [2.45, 2.75) is 31.1 Å². The first-order valence-electron chi connectivity index (χ1n) is 8.78. The van der Waals surface area contributed by atoms with Crippen molar-refractivity contribution in [3.8, 4) is 0 Å². The number of ether oxygens (including phenoxy) is 1. The van der Waals surface area contributed by atoms with E-state index >= 15 is 0 Å². The molecule has 0 aliphatic heterocycles. The number of benzene rings is 1. The Bertz CT molecular complexity index is 527. The molecule has 5 heteroatoms. The SMILES string of the molecule is CN=C(NCC1(c2ccccc2)CC1)N(C)CCOCC1CC1.I. The maximum atomic E-state index is 5.73. The molecular weight excluding hydrogens is 413 g/mol. The molecule has 24 heavy (non-hydrogen) atoms. The van der Waals surface area contributed by atoms with Gasteiger partial charge >= 0.3 is 0 Å². The zero-order chi connectivity index (χ0) is 16.1. The fraction of sp³-hybridized carbons (Fsp3) is 0.632. The minimum absolute atomic E-state index is 0. The molecule has 0 spiro atoms. The highest BCUT2D eigenvalue weighted by Gasteiger charge is 2.44. The lowest BCUT2D eigenvalue weighted by Gasteiger charge is -2.25. The third-order valence-electron chi connectivity index (χ3n) is 5.02. The van der Waals surface area contributed by atoms with Crippen LogP contribution in [0.3, 0.4) is 0 Å². The van der Waals surface area contributed by atoms with Crippen molar-refractivity contribution >= 4 is 29.9 Å². The molecule has 0 saturated heterocycles. The minimum Gasteiger partial charge on any atom is -0.379 e. The Morgan fingerprint density at radius 3 is 2.58 bits per heavy atom. The second-order valence-electron chi connectivity index (χ2n) is 6.99. The summed E-state index contributed by atoms with van der Waals surface area (Å²) in [6.07, 6.45) is 5.21. The van der Waals surface area contributed by atoms with E-state index in [1.54, 1.807) is 0 Å². The molecule has 2 aliphatic rings. The van der Waals surface area contributed by atoms with Gasteiger partial charge in [0.1, 0.15) is 0 Å². The zero-order valence-electron chi connectivity index (χ0n) is 14.8. The maximum absolute atomic E-state index is 5.73. The number of rotatable bonds is 8. The average Bonchev–Trinajstić information content (AvgIpc) is 3.48. The number of nitrogens with zero attached hydrogens (tertiary/aromatic N) is 2. The number of nitrogens with one attached hydrogen (secondary N) is 1. The molecule has 0 aromatic heterocycles. The predicted octanol–water partition coefficient (Wildman–Crippen LogP) is 3.27. The molecule has 0 atom stereocenters. The van der Waals surface area contributed by atoms with Gasteiger partial charge in [-0.1, -0.05) is 30.3 Å². The van der Waals surface area contributed by atoms with Crippen molar-refractivity contribution in [1.29, 1.82) is 0 Å². The number of aliphatic imine (C=N–C) groups is 1. The maximum Gasteiger partial charge on any atom is 0.193 e. The van der Waals surface area contributed by atoms with E-state index in [0.717, 1.165) is 38.2 Å². The Balaban J connectivity index is 0.00000208. The van der Waals surface area contributed by atoms with Crippen LogP contribution in [-0.4, -0.2) is 51.3 Å². The number of hydrogen-bond acceptors (Lipinski definition) is 2. The molecule has 2 aliphatic carbocycles. The Hall–Kier alpha value is -0.820. The topological polar surface area (TPSA) is 36.9 Å². The highest BCUT2D eigenvalue weighted by Crippen LogP contribution is 2.47. The zero-order valence-corrected chi connectivity index (χ0v) is 17.2. The normalized spacial score (nSPS) is 18.7. The number of halogens is 1. The van der Waals surface area contributed by atoms with Crippen LogP contribution in [0.1, 0.15) is 31.2 Å². The molecular formula is C19H30IN3O. The summed E-state index contributed by atoms with van der Waals surface area (Å²) in [5.41, 5.74) is 1.75. The van der Waals surface area contributed by atoms with Gasteiger partial charge in [-0.25, -0.2) is 0 Å². The first-order valence-corrected chi connectivity index (χ1v) is 8.78. The van der Waals surface area contributed by atoms with Crippen LogP contribution in [0.25, 0.3) is 0 Å². The van der Waals surface area contributed by atoms with E-state index < -0.39 is 0 Å². The van der Waals surface area contributed by atoms with Crippen molar-refractivity contribution in [2.75, 3.05) is 40.4 Å². The Kier molecular flexibility index (Phi) is 7.34. The predicted molar refractivity (Wildman–Crippen MR) is 110 cm³/mol. The third-order valence-corrected chi connectivity index (χ3v) is 5.02. The van der Waals surface area contributed by atoms with E-state index in [9.17, 15) is 0 Å². The van der Waals surface area contributed by atoms with Crippen LogP contribution in [0.5, 0.6) is 0 Å². The molecule has 1 N–H and O–H groups in total. The Labute approximate surface area is 163 Å². The summed E-state index contributed by atoms with van der Waals surface area (Å²) < 4.78 is 5.73. The van der Waals surface area contributed by atoms with Gasteiger partial charge in [0.05, 0.1) is 6.61 Å². The molecule has 0 bridgehead atoms. The average molecular weight is 443 g/mol. The van der Waals surface area contributed by atoms with Gasteiger partial charge in [-0.2, -0.15) is 0 Å². The van der Waals surface area contributed by atoms with E-state index in [4.69, 9.17) is 4.74 Å². The highest BCUT2D eigenvalue weighted by atomic mass is 127. The molecule has 2 fully saturated rings. The summed E-state index contributed by atoms with van der Waals surface area (Å²) in [6, 6.07) is 10.8. The Morgan fingerprint density at radius 1 is 1.29 bits per heavy atom. The number of guanidine groups is 1. The van der Waals surface area contributed by atoms with E-state index in [1.807, 2.05) is 7.05 Å². The van der Waals surface area contributed by atoms with Gasteiger partial charge in [0.25, 0.3) is 0 Å². The van der Waals surface area contributed by atoms with Crippen molar-refractivity contribution < 1.29 is 4.74 Å². The largest absolute Gasteiger partial charge is 0.379 e. The fourth-order valence-corrected chi connectivity index (χ4v) is 2.98. The molecule has 0 heterocycles. The van der Waals surface area contributed by atoms with Gasteiger partial charge in [0.2, 0.25) is 0 Å². The summed E-state index contributed by atoms with van der Waals surface area (Å²) in [7, 11) is 3.93. The summed E-state index contributed by atoms with van der Waals surface area (Å²) in [5, 5.41) is 3.55. The Morgan fingerprint density at radius 2 is 2.00 bits per heavy atom. The van der Waals surface area contributed by atoms with E-state index in [1.165, 1.54) is 31.2 Å². The molecule has 4 nitrogen and oxygen atoms in total. The van der Waals surface area contributed by atoms with Crippen LogP contribution < -0.4 is 5.32 Å². The quantitative estimate of drug-likeness (QED) is 0.290. The summed E-state index contributed by atoms with van der Waals surface area (Å²) in [4.78, 5) is 6.58. The van der Waals surface area contributed by atoms with Crippen LogP contribution in [-0.2, 0) is 10.2 Å². The summed E-state index contributed by atoms with van der Waals surface area (Å²) >= 11 is 0. The third kappa shape index (κ3) is 5.34. The van der Waals surface area contributed by atoms with Crippen LogP contribution in [0, 0.1) is 5.92 Å². The van der Waals surface area contributed by atoms with Crippen molar-refractivity contribution in [2.24, 2.45) is 10.9 Å². The van der Waals surface area contributed by atoms with Crippen LogP contribution in [0.4, 0.5) is 0 Å². The summed E-state index contributed by atoms with van der Waals surface area (Å²) in [5.74, 6) is 1.79. The molecule has 0 amide bonds. The lowest BCUT2D eigenvalue weighted by Crippen LogP contribution is -2.43. The van der Waals surface area contributed by atoms with E-state index in [-0.39, 0.29) is 24.0 Å². The smallest absolute Gasteiger partial charge is 0.193 e. The van der Waals surface area contributed by atoms with E-state index in [2.05, 4.69) is 52.6 Å². The monoisotopic (exact) mass is 443 g/mol. The first kappa shape index (κ1) is 19.5. The minimum atomic E-state index is 0. The second-order valence-corrected chi connectivity index (χ2v) is 6.99. The first-order chi connectivity index (χ1) is 11.2. The standard InChI is InChI=1S/C19H29N3O.HI/c1-20-18(22(2)12-13-23-14-16-8-9-16)21-15-19(10-11-19)17-6-4-3-5-7-17;/h3-7,16H,8-15H2,1-2H3,(H,20,21);1H. The lowest BCUT2D eigenvalue weighted by molar-refractivity contribution is 0.115. The van der Waals surface area contributed by atoms with Gasteiger partial charge in [-0.05, 0) is 37.2 Å². The van der Waals surface area contributed by atoms with Crippen molar-refractivity contribution in [1.82, 2.24) is 10.2 Å². The van der Waals surface area contributed by atoms with Gasteiger partial charge in [0, 0.05) is 39.2 Å². The lowest BCUT2D eigenvalue weighted by atomic mass is 9.96. The van der Waals surface area contributed by atoms with E-state index in [0.29, 0.717) is 5.41 Å².